The van der Waals surface area contributed by atoms with Gasteiger partial charge in [-0.3, -0.25) is 0 Å². The van der Waals surface area contributed by atoms with E-state index in [4.69, 9.17) is 0 Å². The number of hydrogen-bond donors (Lipinski definition) is 0. The number of aryl methyl sites for hydroxylation is 2. The maximum Gasteiger partial charge on any atom is 0.0491 e. The molecule has 2 nitrogen and oxygen atoms in total. The van der Waals surface area contributed by atoms with Crippen LogP contribution in [0.3, 0.4) is 0 Å². The van der Waals surface area contributed by atoms with Crippen LogP contribution < -0.4 is 0 Å². The molecule has 0 aliphatic heterocycles. The average Bonchev–Trinajstić information content (AvgIpc) is 3.44. The standard InChI is InChI=1S/C34H28N2/c1-3-35-31-11-7-5-9-27(31)29-21-25(17-19-33(29)35)23-13-15-24(16-14-23)26-18-20-34-30(22-26)28-10-6-8-12-32(28)36(34)4-2/h5-22H,3-4H2,1-2H3. The molecule has 2 aromatic heterocycles. The lowest BCUT2D eigenvalue weighted by atomic mass is 9.98. The zero-order valence-corrected chi connectivity index (χ0v) is 20.7. The molecule has 0 amide bonds. The SMILES string of the molecule is CCn1c2ccccc2c2cc(-c3ccc(-c4ccc5c(c4)c4ccccc4n5CC)cc3)ccc21. The van der Waals surface area contributed by atoms with Gasteiger partial charge in [-0.1, -0.05) is 72.8 Å². The smallest absolute Gasteiger partial charge is 0.0491 e. The van der Waals surface area contributed by atoms with Crippen molar-refractivity contribution in [1.82, 2.24) is 9.13 Å². The molecule has 0 saturated carbocycles. The van der Waals surface area contributed by atoms with Crippen molar-refractivity contribution in [2.75, 3.05) is 0 Å². The molecule has 0 N–H and O–H groups in total. The Morgan fingerprint density at radius 3 is 1.17 bits per heavy atom. The van der Waals surface area contributed by atoms with Gasteiger partial charge in [0.2, 0.25) is 0 Å². The third-order valence-corrected chi connectivity index (χ3v) is 7.73. The van der Waals surface area contributed by atoms with Gasteiger partial charge in [-0.15, -0.1) is 0 Å². The quantitative estimate of drug-likeness (QED) is 0.246. The van der Waals surface area contributed by atoms with E-state index >= 15 is 0 Å². The highest BCUT2D eigenvalue weighted by atomic mass is 15.0. The van der Waals surface area contributed by atoms with Crippen LogP contribution in [0.15, 0.2) is 109 Å². The summed E-state index contributed by atoms with van der Waals surface area (Å²) in [4.78, 5) is 0. The van der Waals surface area contributed by atoms with E-state index in [0.29, 0.717) is 0 Å². The van der Waals surface area contributed by atoms with Gasteiger partial charge < -0.3 is 9.13 Å². The zero-order chi connectivity index (χ0) is 24.2. The number of aromatic nitrogens is 2. The Balaban J connectivity index is 1.30. The first-order valence-electron chi connectivity index (χ1n) is 12.9. The fraction of sp³-hybridized carbons (Fsp3) is 0.118. The third-order valence-electron chi connectivity index (χ3n) is 7.73. The minimum absolute atomic E-state index is 0.972. The van der Waals surface area contributed by atoms with Crippen LogP contribution in [0.1, 0.15) is 13.8 Å². The van der Waals surface area contributed by atoms with E-state index in [1.807, 2.05) is 0 Å². The van der Waals surface area contributed by atoms with Crippen LogP contribution in [0, 0.1) is 0 Å². The summed E-state index contributed by atoms with van der Waals surface area (Å²) in [7, 11) is 0. The lowest BCUT2D eigenvalue weighted by Crippen LogP contribution is -1.92. The summed E-state index contributed by atoms with van der Waals surface area (Å²) < 4.78 is 4.81. The normalized spacial score (nSPS) is 11.8. The number of fused-ring (bicyclic) bond motifs is 6. The van der Waals surface area contributed by atoms with E-state index in [0.717, 1.165) is 13.1 Å². The van der Waals surface area contributed by atoms with E-state index in [2.05, 4.69) is 132 Å². The fourth-order valence-corrected chi connectivity index (χ4v) is 6.00. The van der Waals surface area contributed by atoms with Gasteiger partial charge in [0.05, 0.1) is 0 Å². The van der Waals surface area contributed by atoms with Gasteiger partial charge in [0, 0.05) is 56.7 Å². The Kier molecular flexibility index (Phi) is 4.75. The lowest BCUT2D eigenvalue weighted by Gasteiger charge is -2.08. The minimum atomic E-state index is 0.972. The molecule has 0 aliphatic carbocycles. The zero-order valence-electron chi connectivity index (χ0n) is 20.7. The summed E-state index contributed by atoms with van der Waals surface area (Å²) in [5, 5.41) is 5.30. The highest BCUT2D eigenvalue weighted by Crippen LogP contribution is 2.35. The van der Waals surface area contributed by atoms with Gasteiger partial charge >= 0.3 is 0 Å². The van der Waals surface area contributed by atoms with E-state index in [-0.39, 0.29) is 0 Å². The Hall–Kier alpha value is -4.30. The van der Waals surface area contributed by atoms with Crippen molar-refractivity contribution in [3.05, 3.63) is 109 Å². The topological polar surface area (TPSA) is 9.86 Å². The molecule has 36 heavy (non-hydrogen) atoms. The summed E-state index contributed by atoms with van der Waals surface area (Å²) >= 11 is 0. The van der Waals surface area contributed by atoms with Crippen molar-refractivity contribution in [2.24, 2.45) is 0 Å². The van der Waals surface area contributed by atoms with Crippen LogP contribution in [0.4, 0.5) is 0 Å². The van der Waals surface area contributed by atoms with E-state index in [1.54, 1.807) is 0 Å². The Morgan fingerprint density at radius 2 is 0.750 bits per heavy atom. The predicted octanol–water partition coefficient (Wildman–Crippen LogP) is 9.28. The second-order valence-corrected chi connectivity index (χ2v) is 9.56. The van der Waals surface area contributed by atoms with Gasteiger partial charge in [-0.05, 0) is 72.5 Å². The molecule has 7 aromatic rings. The highest BCUT2D eigenvalue weighted by Gasteiger charge is 2.12. The van der Waals surface area contributed by atoms with Crippen molar-refractivity contribution in [1.29, 1.82) is 0 Å². The van der Waals surface area contributed by atoms with Crippen LogP contribution in [0.5, 0.6) is 0 Å². The summed E-state index contributed by atoms with van der Waals surface area (Å²) in [5.41, 5.74) is 10.2. The maximum atomic E-state index is 2.41. The fourth-order valence-electron chi connectivity index (χ4n) is 6.00. The van der Waals surface area contributed by atoms with Gasteiger partial charge in [0.1, 0.15) is 0 Å². The van der Waals surface area contributed by atoms with Crippen molar-refractivity contribution >= 4 is 43.6 Å². The molecule has 0 fully saturated rings. The molecule has 174 valence electrons. The molecular formula is C34H28N2. The highest BCUT2D eigenvalue weighted by molar-refractivity contribution is 6.10. The number of nitrogens with zero attached hydrogens (tertiary/aromatic N) is 2. The van der Waals surface area contributed by atoms with E-state index in [9.17, 15) is 0 Å². The predicted molar refractivity (Wildman–Crippen MR) is 155 cm³/mol. The summed E-state index contributed by atoms with van der Waals surface area (Å²) in [5.74, 6) is 0. The molecule has 2 heterocycles. The molecular weight excluding hydrogens is 436 g/mol. The molecule has 0 saturated heterocycles. The van der Waals surface area contributed by atoms with Crippen LogP contribution >= 0.6 is 0 Å². The molecule has 0 atom stereocenters. The van der Waals surface area contributed by atoms with Crippen molar-refractivity contribution in [3.8, 4) is 22.3 Å². The first-order valence-corrected chi connectivity index (χ1v) is 12.9. The molecule has 0 spiro atoms. The number of hydrogen-bond acceptors (Lipinski definition) is 0. The third kappa shape index (κ3) is 3.04. The number of benzene rings is 5. The monoisotopic (exact) mass is 464 g/mol. The molecule has 2 heteroatoms. The Bertz CT molecular complexity index is 1760. The van der Waals surface area contributed by atoms with Crippen molar-refractivity contribution < 1.29 is 0 Å². The molecule has 7 rings (SSSR count). The van der Waals surface area contributed by atoms with Crippen LogP contribution in [-0.2, 0) is 13.1 Å². The maximum absolute atomic E-state index is 2.41. The average molecular weight is 465 g/mol. The minimum Gasteiger partial charge on any atom is -0.341 e. The first kappa shape index (κ1) is 21.0. The molecule has 5 aromatic carbocycles. The van der Waals surface area contributed by atoms with Gasteiger partial charge in [-0.25, -0.2) is 0 Å². The second kappa shape index (κ2) is 8.13. The lowest BCUT2D eigenvalue weighted by molar-refractivity contribution is 0.827. The van der Waals surface area contributed by atoms with E-state index in [1.165, 1.54) is 65.9 Å². The molecule has 0 aliphatic rings. The summed E-state index contributed by atoms with van der Waals surface area (Å²) in [6, 6.07) is 40.3. The Morgan fingerprint density at radius 1 is 0.389 bits per heavy atom. The van der Waals surface area contributed by atoms with Crippen molar-refractivity contribution in [3.63, 3.8) is 0 Å². The summed E-state index contributed by atoms with van der Waals surface area (Å²) in [6.07, 6.45) is 0. The number of rotatable bonds is 4. The molecule has 0 unspecified atom stereocenters. The van der Waals surface area contributed by atoms with E-state index < -0.39 is 0 Å². The van der Waals surface area contributed by atoms with Crippen LogP contribution in [-0.4, -0.2) is 9.13 Å². The Labute approximate surface area is 211 Å². The van der Waals surface area contributed by atoms with Gasteiger partial charge in [0.25, 0.3) is 0 Å². The van der Waals surface area contributed by atoms with Crippen LogP contribution in [0.25, 0.3) is 65.9 Å². The summed E-state index contributed by atoms with van der Waals surface area (Å²) in [6.45, 7) is 6.38. The van der Waals surface area contributed by atoms with Crippen LogP contribution in [0.2, 0.25) is 0 Å². The number of para-hydroxylation sites is 2. The second-order valence-electron chi connectivity index (χ2n) is 9.56. The van der Waals surface area contributed by atoms with Crippen molar-refractivity contribution in [2.45, 2.75) is 26.9 Å². The first-order chi connectivity index (χ1) is 17.8. The van der Waals surface area contributed by atoms with Gasteiger partial charge in [-0.2, -0.15) is 0 Å². The van der Waals surface area contributed by atoms with Gasteiger partial charge in [0.15, 0.2) is 0 Å². The molecule has 0 bridgehead atoms. The largest absolute Gasteiger partial charge is 0.341 e. The molecule has 0 radical (unpaired) electrons.